The lowest BCUT2D eigenvalue weighted by atomic mass is 10.1. The first-order valence-electron chi connectivity index (χ1n) is 9.23. The van der Waals surface area contributed by atoms with Gasteiger partial charge in [-0.2, -0.15) is 5.10 Å². The van der Waals surface area contributed by atoms with Crippen molar-refractivity contribution in [3.8, 4) is 0 Å². The molecule has 1 aromatic heterocycles. The maximum atomic E-state index is 12.6. The first-order valence-corrected chi connectivity index (χ1v) is 9.23. The van der Waals surface area contributed by atoms with Crippen molar-refractivity contribution in [2.75, 3.05) is 13.1 Å². The summed E-state index contributed by atoms with van der Waals surface area (Å²) in [6.07, 6.45) is 5.07. The molecular formula is C19H33N3O. The number of amides is 1. The Balaban J connectivity index is 1.95. The van der Waals surface area contributed by atoms with Crippen LogP contribution in [0.1, 0.15) is 63.4 Å². The van der Waals surface area contributed by atoms with E-state index in [0.29, 0.717) is 18.2 Å². The molecule has 4 heteroatoms. The van der Waals surface area contributed by atoms with Crippen LogP contribution < -0.4 is 0 Å². The first kappa shape index (κ1) is 18.0. The Hall–Kier alpha value is -1.32. The lowest BCUT2D eigenvalue weighted by Crippen LogP contribution is -2.33. The smallest absolute Gasteiger partial charge is 0.222 e. The van der Waals surface area contributed by atoms with Gasteiger partial charge in [0.05, 0.1) is 5.69 Å². The van der Waals surface area contributed by atoms with E-state index in [9.17, 15) is 4.79 Å². The van der Waals surface area contributed by atoms with Gasteiger partial charge in [-0.3, -0.25) is 9.48 Å². The number of hydrogen-bond acceptors (Lipinski definition) is 2. The standard InChI is InChI=1S/C19H33N3O/c1-6-11-21(13-17-7-8-17)19(23)10-9-18-15(4)20-22(16(18)5)12-14(2)3/h14,17H,6-13H2,1-5H3. The summed E-state index contributed by atoms with van der Waals surface area (Å²) in [6, 6.07) is 0. The Labute approximate surface area is 141 Å². The Bertz CT molecular complexity index is 529. The van der Waals surface area contributed by atoms with Crippen LogP contribution in [0.3, 0.4) is 0 Å². The van der Waals surface area contributed by atoms with Crippen molar-refractivity contribution in [1.29, 1.82) is 0 Å². The fraction of sp³-hybridized carbons (Fsp3) is 0.789. The van der Waals surface area contributed by atoms with Crippen molar-refractivity contribution in [2.24, 2.45) is 11.8 Å². The van der Waals surface area contributed by atoms with Crippen molar-refractivity contribution >= 4 is 5.91 Å². The monoisotopic (exact) mass is 319 g/mol. The average molecular weight is 319 g/mol. The van der Waals surface area contributed by atoms with Gasteiger partial charge in [-0.05, 0) is 56.9 Å². The molecule has 1 saturated carbocycles. The number of nitrogens with zero attached hydrogens (tertiary/aromatic N) is 3. The fourth-order valence-corrected chi connectivity index (χ4v) is 3.21. The van der Waals surface area contributed by atoms with Crippen LogP contribution in [0.4, 0.5) is 0 Å². The quantitative estimate of drug-likeness (QED) is 0.695. The van der Waals surface area contributed by atoms with Gasteiger partial charge >= 0.3 is 0 Å². The first-order chi connectivity index (χ1) is 10.9. The third-order valence-corrected chi connectivity index (χ3v) is 4.68. The van der Waals surface area contributed by atoms with Crippen LogP contribution >= 0.6 is 0 Å². The summed E-state index contributed by atoms with van der Waals surface area (Å²) in [6.45, 7) is 13.6. The maximum absolute atomic E-state index is 12.6. The molecule has 1 amide bonds. The van der Waals surface area contributed by atoms with E-state index in [2.05, 4.69) is 49.3 Å². The van der Waals surface area contributed by atoms with Crippen LogP contribution in [0.2, 0.25) is 0 Å². The van der Waals surface area contributed by atoms with E-state index < -0.39 is 0 Å². The minimum absolute atomic E-state index is 0.314. The van der Waals surface area contributed by atoms with Crippen LogP contribution in [0.15, 0.2) is 0 Å². The molecule has 1 aromatic rings. The van der Waals surface area contributed by atoms with Crippen molar-refractivity contribution in [2.45, 2.75) is 73.3 Å². The second-order valence-corrected chi connectivity index (χ2v) is 7.51. The maximum Gasteiger partial charge on any atom is 0.222 e. The Morgan fingerprint density at radius 2 is 2.04 bits per heavy atom. The van der Waals surface area contributed by atoms with Gasteiger partial charge in [-0.1, -0.05) is 20.8 Å². The van der Waals surface area contributed by atoms with E-state index in [-0.39, 0.29) is 0 Å². The van der Waals surface area contributed by atoms with Crippen molar-refractivity contribution < 1.29 is 4.79 Å². The largest absolute Gasteiger partial charge is 0.342 e. The molecule has 0 spiro atoms. The van der Waals surface area contributed by atoms with Gasteiger partial charge in [0.1, 0.15) is 0 Å². The summed E-state index contributed by atoms with van der Waals surface area (Å²) in [4.78, 5) is 14.7. The molecule has 0 atom stereocenters. The molecule has 0 bridgehead atoms. The molecular weight excluding hydrogens is 286 g/mol. The van der Waals surface area contributed by atoms with Gasteiger partial charge in [0, 0.05) is 31.7 Å². The lowest BCUT2D eigenvalue weighted by Gasteiger charge is -2.22. The summed E-state index contributed by atoms with van der Waals surface area (Å²) >= 11 is 0. The van der Waals surface area contributed by atoms with E-state index in [1.54, 1.807) is 0 Å². The topological polar surface area (TPSA) is 38.1 Å². The van der Waals surface area contributed by atoms with E-state index in [4.69, 9.17) is 0 Å². The third-order valence-electron chi connectivity index (χ3n) is 4.68. The normalized spacial score (nSPS) is 14.5. The van der Waals surface area contributed by atoms with E-state index >= 15 is 0 Å². The predicted octanol–water partition coefficient (Wildman–Crippen LogP) is 3.74. The predicted molar refractivity (Wildman–Crippen MR) is 94.5 cm³/mol. The van der Waals surface area contributed by atoms with Gasteiger partial charge < -0.3 is 4.90 Å². The SMILES string of the molecule is CCCN(CC1CC1)C(=O)CCc1c(C)nn(CC(C)C)c1C. The van der Waals surface area contributed by atoms with Gasteiger partial charge in [-0.15, -0.1) is 0 Å². The molecule has 130 valence electrons. The summed E-state index contributed by atoms with van der Waals surface area (Å²) < 4.78 is 2.10. The van der Waals surface area contributed by atoms with E-state index in [1.807, 2.05) is 0 Å². The molecule has 1 aliphatic rings. The van der Waals surface area contributed by atoms with Crippen molar-refractivity contribution in [1.82, 2.24) is 14.7 Å². The molecule has 1 aliphatic carbocycles. The van der Waals surface area contributed by atoms with Crippen molar-refractivity contribution in [3.63, 3.8) is 0 Å². The molecule has 1 fully saturated rings. The molecule has 23 heavy (non-hydrogen) atoms. The van der Waals surface area contributed by atoms with Crippen LogP contribution in [-0.4, -0.2) is 33.7 Å². The highest BCUT2D eigenvalue weighted by Crippen LogP contribution is 2.30. The third kappa shape index (κ3) is 5.08. The molecule has 0 unspecified atom stereocenters. The zero-order chi connectivity index (χ0) is 17.0. The molecule has 2 rings (SSSR count). The van der Waals surface area contributed by atoms with Crippen LogP contribution in [-0.2, 0) is 17.8 Å². The molecule has 0 saturated heterocycles. The highest BCUT2D eigenvalue weighted by atomic mass is 16.2. The van der Waals surface area contributed by atoms with Gasteiger partial charge in [0.25, 0.3) is 0 Å². The summed E-state index contributed by atoms with van der Waals surface area (Å²) in [5.74, 6) is 1.66. The second kappa shape index (κ2) is 7.98. The number of hydrogen-bond donors (Lipinski definition) is 0. The van der Waals surface area contributed by atoms with Gasteiger partial charge in [0.15, 0.2) is 0 Å². The minimum atomic E-state index is 0.314. The molecule has 0 radical (unpaired) electrons. The molecule has 0 N–H and O–H groups in total. The zero-order valence-electron chi connectivity index (χ0n) is 15.6. The molecule has 0 aromatic carbocycles. The number of carbonyl (C=O) groups is 1. The number of carbonyl (C=O) groups excluding carboxylic acids is 1. The zero-order valence-corrected chi connectivity index (χ0v) is 15.6. The highest BCUT2D eigenvalue weighted by molar-refractivity contribution is 5.76. The van der Waals surface area contributed by atoms with Crippen molar-refractivity contribution in [3.05, 3.63) is 17.0 Å². The Kier molecular flexibility index (Phi) is 6.25. The molecule has 4 nitrogen and oxygen atoms in total. The van der Waals surface area contributed by atoms with Crippen LogP contribution in [0.5, 0.6) is 0 Å². The average Bonchev–Trinajstić information content (AvgIpc) is 3.25. The molecule has 1 heterocycles. The van der Waals surface area contributed by atoms with E-state index in [0.717, 1.165) is 44.1 Å². The van der Waals surface area contributed by atoms with Crippen LogP contribution in [0.25, 0.3) is 0 Å². The van der Waals surface area contributed by atoms with E-state index in [1.165, 1.54) is 24.1 Å². The highest BCUT2D eigenvalue weighted by Gasteiger charge is 2.26. The van der Waals surface area contributed by atoms with Crippen LogP contribution in [0, 0.1) is 25.7 Å². The number of rotatable bonds is 9. The minimum Gasteiger partial charge on any atom is -0.342 e. The summed E-state index contributed by atoms with van der Waals surface area (Å²) in [5, 5.41) is 4.66. The lowest BCUT2D eigenvalue weighted by molar-refractivity contribution is -0.131. The number of aryl methyl sites for hydroxylation is 1. The Morgan fingerprint density at radius 3 is 2.61 bits per heavy atom. The van der Waals surface area contributed by atoms with Gasteiger partial charge in [0.2, 0.25) is 5.91 Å². The van der Waals surface area contributed by atoms with Gasteiger partial charge in [-0.25, -0.2) is 0 Å². The molecule has 0 aliphatic heterocycles. The number of aromatic nitrogens is 2. The fourth-order valence-electron chi connectivity index (χ4n) is 3.21. The second-order valence-electron chi connectivity index (χ2n) is 7.51. The summed E-state index contributed by atoms with van der Waals surface area (Å²) in [7, 11) is 0. The Morgan fingerprint density at radius 1 is 1.35 bits per heavy atom. The summed E-state index contributed by atoms with van der Waals surface area (Å²) in [5.41, 5.74) is 3.58.